The lowest BCUT2D eigenvalue weighted by Gasteiger charge is -2.27. The highest BCUT2D eigenvalue weighted by molar-refractivity contribution is 4.73. The molecule has 0 aliphatic carbocycles. The number of hydrogen-bond acceptors (Lipinski definition) is 3. The third-order valence-electron chi connectivity index (χ3n) is 3.12. The molecule has 76 valence electrons. The molecule has 3 nitrogen and oxygen atoms in total. The van der Waals surface area contributed by atoms with Gasteiger partial charge in [-0.3, -0.25) is 4.90 Å². The van der Waals surface area contributed by atoms with Crippen LogP contribution in [0.1, 0.15) is 12.8 Å². The second-order valence-corrected chi connectivity index (χ2v) is 4.10. The molecular weight excluding hydrogens is 164 g/mol. The summed E-state index contributed by atoms with van der Waals surface area (Å²) in [6.07, 6.45) is 2.75. The number of rotatable bonds is 3. The lowest BCUT2D eigenvalue weighted by atomic mass is 10.0. The van der Waals surface area contributed by atoms with Crippen LogP contribution < -0.4 is 5.32 Å². The fourth-order valence-electron chi connectivity index (χ4n) is 2.15. The van der Waals surface area contributed by atoms with E-state index in [1.807, 2.05) is 0 Å². The summed E-state index contributed by atoms with van der Waals surface area (Å²) < 4.78 is 5.32. The Labute approximate surface area is 80.4 Å². The Balaban J connectivity index is 1.60. The van der Waals surface area contributed by atoms with Crippen LogP contribution in [0.2, 0.25) is 0 Å². The summed E-state index contributed by atoms with van der Waals surface area (Å²) in [4.78, 5) is 2.53. The Kier molecular flexibility index (Phi) is 3.58. The smallest absolute Gasteiger partial charge is 0.0594 e. The molecule has 0 aromatic heterocycles. The van der Waals surface area contributed by atoms with Crippen molar-refractivity contribution in [3.8, 4) is 0 Å². The number of nitrogens with one attached hydrogen (secondary N) is 1. The average Bonchev–Trinajstić information content (AvgIpc) is 2.69. The molecule has 0 aromatic rings. The number of hydrogen-bond donors (Lipinski definition) is 1. The van der Waals surface area contributed by atoms with Crippen molar-refractivity contribution >= 4 is 0 Å². The Bertz CT molecular complexity index is 140. The summed E-state index contributed by atoms with van der Waals surface area (Å²) in [5.74, 6) is 0.933. The maximum absolute atomic E-state index is 5.32. The van der Waals surface area contributed by atoms with Gasteiger partial charge in [0.05, 0.1) is 13.2 Å². The van der Waals surface area contributed by atoms with Gasteiger partial charge in [-0.05, 0) is 38.4 Å². The minimum atomic E-state index is 0.933. The lowest BCUT2D eigenvalue weighted by Crippen LogP contribution is -2.37. The maximum Gasteiger partial charge on any atom is 0.0594 e. The molecule has 0 spiro atoms. The van der Waals surface area contributed by atoms with Gasteiger partial charge in [-0.1, -0.05) is 0 Å². The van der Waals surface area contributed by atoms with E-state index in [1.54, 1.807) is 0 Å². The van der Waals surface area contributed by atoms with Gasteiger partial charge in [0.1, 0.15) is 0 Å². The van der Waals surface area contributed by atoms with Gasteiger partial charge in [0, 0.05) is 13.1 Å². The molecule has 2 heterocycles. The van der Waals surface area contributed by atoms with Crippen molar-refractivity contribution in [2.45, 2.75) is 12.8 Å². The Morgan fingerprint density at radius 1 is 1.31 bits per heavy atom. The Hall–Kier alpha value is -0.120. The molecular formula is C10H20N2O. The zero-order chi connectivity index (χ0) is 8.93. The van der Waals surface area contributed by atoms with E-state index in [2.05, 4.69) is 10.2 Å². The van der Waals surface area contributed by atoms with Crippen LogP contribution in [0.4, 0.5) is 0 Å². The van der Waals surface area contributed by atoms with E-state index < -0.39 is 0 Å². The van der Waals surface area contributed by atoms with Crippen molar-refractivity contribution in [2.75, 3.05) is 45.9 Å². The molecule has 2 aliphatic rings. The molecule has 1 unspecified atom stereocenters. The SMILES string of the molecule is C1CC(CCN2CCOCC2)CN1. The van der Waals surface area contributed by atoms with Crippen molar-refractivity contribution in [3.63, 3.8) is 0 Å². The second kappa shape index (κ2) is 4.94. The summed E-state index contributed by atoms with van der Waals surface area (Å²) in [6, 6.07) is 0. The zero-order valence-electron chi connectivity index (χ0n) is 8.30. The highest BCUT2D eigenvalue weighted by Gasteiger charge is 2.16. The highest BCUT2D eigenvalue weighted by Crippen LogP contribution is 2.13. The molecule has 2 aliphatic heterocycles. The fourth-order valence-corrected chi connectivity index (χ4v) is 2.15. The molecule has 2 rings (SSSR count). The van der Waals surface area contributed by atoms with Crippen LogP contribution in [0.5, 0.6) is 0 Å². The Morgan fingerprint density at radius 3 is 2.85 bits per heavy atom. The molecule has 0 saturated carbocycles. The molecule has 2 fully saturated rings. The molecule has 3 heteroatoms. The van der Waals surface area contributed by atoms with Crippen molar-refractivity contribution in [1.82, 2.24) is 10.2 Å². The van der Waals surface area contributed by atoms with E-state index in [9.17, 15) is 0 Å². The summed E-state index contributed by atoms with van der Waals surface area (Å²) in [5, 5.41) is 3.42. The monoisotopic (exact) mass is 184 g/mol. The van der Waals surface area contributed by atoms with E-state index in [-0.39, 0.29) is 0 Å². The molecule has 0 radical (unpaired) electrons. The molecule has 1 N–H and O–H groups in total. The maximum atomic E-state index is 5.32. The van der Waals surface area contributed by atoms with Crippen LogP contribution in [-0.4, -0.2) is 50.8 Å². The molecule has 1 atom stereocenters. The third-order valence-corrected chi connectivity index (χ3v) is 3.12. The van der Waals surface area contributed by atoms with Crippen LogP contribution in [0.3, 0.4) is 0 Å². The third kappa shape index (κ3) is 2.93. The average molecular weight is 184 g/mol. The first kappa shape index (κ1) is 9.44. The van der Waals surface area contributed by atoms with Crippen LogP contribution in [0.25, 0.3) is 0 Å². The summed E-state index contributed by atoms with van der Waals surface area (Å²) in [6.45, 7) is 7.89. The standard InChI is InChI=1S/C10H20N2O/c1-3-11-9-10(1)2-4-12-5-7-13-8-6-12/h10-11H,1-9H2. The lowest BCUT2D eigenvalue weighted by molar-refractivity contribution is 0.0357. The summed E-state index contributed by atoms with van der Waals surface area (Å²) >= 11 is 0. The first-order chi connectivity index (χ1) is 6.45. The molecule has 2 saturated heterocycles. The van der Waals surface area contributed by atoms with E-state index in [0.29, 0.717) is 0 Å². The van der Waals surface area contributed by atoms with E-state index in [4.69, 9.17) is 4.74 Å². The number of nitrogens with zero attached hydrogens (tertiary/aromatic N) is 1. The van der Waals surface area contributed by atoms with E-state index in [0.717, 1.165) is 32.2 Å². The highest BCUT2D eigenvalue weighted by atomic mass is 16.5. The van der Waals surface area contributed by atoms with Crippen LogP contribution >= 0.6 is 0 Å². The normalized spacial score (nSPS) is 30.9. The van der Waals surface area contributed by atoms with E-state index in [1.165, 1.54) is 32.5 Å². The van der Waals surface area contributed by atoms with Gasteiger partial charge in [0.25, 0.3) is 0 Å². The van der Waals surface area contributed by atoms with Crippen LogP contribution in [0, 0.1) is 5.92 Å². The molecule has 0 aromatic carbocycles. The predicted molar refractivity (Wildman–Crippen MR) is 52.9 cm³/mol. The quantitative estimate of drug-likeness (QED) is 0.683. The van der Waals surface area contributed by atoms with Crippen LogP contribution in [-0.2, 0) is 4.74 Å². The fraction of sp³-hybridized carbons (Fsp3) is 1.00. The van der Waals surface area contributed by atoms with Crippen LogP contribution in [0.15, 0.2) is 0 Å². The van der Waals surface area contributed by atoms with Gasteiger partial charge in [-0.25, -0.2) is 0 Å². The zero-order valence-corrected chi connectivity index (χ0v) is 8.30. The summed E-state index contributed by atoms with van der Waals surface area (Å²) in [5.41, 5.74) is 0. The van der Waals surface area contributed by atoms with Gasteiger partial charge in [-0.15, -0.1) is 0 Å². The largest absolute Gasteiger partial charge is 0.379 e. The first-order valence-corrected chi connectivity index (χ1v) is 5.46. The van der Waals surface area contributed by atoms with E-state index >= 15 is 0 Å². The topological polar surface area (TPSA) is 24.5 Å². The van der Waals surface area contributed by atoms with Crippen molar-refractivity contribution in [1.29, 1.82) is 0 Å². The number of morpholine rings is 1. The van der Waals surface area contributed by atoms with Gasteiger partial charge in [0.2, 0.25) is 0 Å². The minimum absolute atomic E-state index is 0.933. The minimum Gasteiger partial charge on any atom is -0.379 e. The Morgan fingerprint density at radius 2 is 2.15 bits per heavy atom. The summed E-state index contributed by atoms with van der Waals surface area (Å²) in [7, 11) is 0. The van der Waals surface area contributed by atoms with Crippen molar-refractivity contribution in [3.05, 3.63) is 0 Å². The first-order valence-electron chi connectivity index (χ1n) is 5.46. The second-order valence-electron chi connectivity index (χ2n) is 4.10. The number of ether oxygens (including phenoxy) is 1. The van der Waals surface area contributed by atoms with Gasteiger partial charge >= 0.3 is 0 Å². The van der Waals surface area contributed by atoms with Crippen molar-refractivity contribution < 1.29 is 4.74 Å². The molecule has 13 heavy (non-hydrogen) atoms. The molecule has 0 amide bonds. The van der Waals surface area contributed by atoms with Gasteiger partial charge in [0.15, 0.2) is 0 Å². The van der Waals surface area contributed by atoms with Crippen molar-refractivity contribution in [2.24, 2.45) is 5.92 Å². The van der Waals surface area contributed by atoms with Gasteiger partial charge in [-0.2, -0.15) is 0 Å². The predicted octanol–water partition coefficient (Wildman–Crippen LogP) is 0.318. The molecule has 0 bridgehead atoms. The van der Waals surface area contributed by atoms with Gasteiger partial charge < -0.3 is 10.1 Å².